The second-order valence-electron chi connectivity index (χ2n) is 2.47. The number of nitrogens with two attached hydrogens (primary N) is 1. The summed E-state index contributed by atoms with van der Waals surface area (Å²) in [6.45, 7) is 1.32. The first-order chi connectivity index (χ1) is 6.43. The van der Waals surface area contributed by atoms with Gasteiger partial charge in [0.2, 0.25) is 11.8 Å². The number of pyridine rings is 1. The Morgan fingerprint density at radius 1 is 1.50 bits per heavy atom. The van der Waals surface area contributed by atoms with Crippen molar-refractivity contribution in [3.8, 4) is 5.88 Å². The van der Waals surface area contributed by atoms with E-state index in [0.29, 0.717) is 0 Å². The minimum absolute atomic E-state index is 0.127. The van der Waals surface area contributed by atoms with Gasteiger partial charge in [0.25, 0.3) is 0 Å². The molecule has 1 rings (SSSR count). The van der Waals surface area contributed by atoms with Crippen LogP contribution in [0.1, 0.15) is 6.92 Å². The van der Waals surface area contributed by atoms with Crippen LogP contribution in [0.5, 0.6) is 5.88 Å². The van der Waals surface area contributed by atoms with Crippen molar-refractivity contribution < 1.29 is 14.2 Å². The van der Waals surface area contributed by atoms with Crippen LogP contribution in [-0.4, -0.2) is 16.4 Å². The number of nitrogens with zero attached hydrogens (tertiary/aromatic N) is 1. The SMILES string of the molecule is CC(O)Oc1nc(F)c(Cl)c(N)c1Cl. The predicted octanol–water partition coefficient (Wildman–Crippen LogP) is 1.83. The van der Waals surface area contributed by atoms with Crippen molar-refractivity contribution in [1.82, 2.24) is 4.98 Å². The van der Waals surface area contributed by atoms with Gasteiger partial charge in [0.05, 0.1) is 5.69 Å². The highest BCUT2D eigenvalue weighted by Gasteiger charge is 2.17. The molecule has 0 fully saturated rings. The fourth-order valence-corrected chi connectivity index (χ4v) is 1.12. The minimum atomic E-state index is -1.17. The van der Waals surface area contributed by atoms with Gasteiger partial charge in [-0.25, -0.2) is 0 Å². The molecule has 0 aliphatic heterocycles. The maximum absolute atomic E-state index is 12.9. The molecule has 14 heavy (non-hydrogen) atoms. The Balaban J connectivity index is 3.19. The van der Waals surface area contributed by atoms with E-state index in [1.807, 2.05) is 0 Å². The van der Waals surface area contributed by atoms with Crippen molar-refractivity contribution in [2.45, 2.75) is 13.2 Å². The van der Waals surface area contributed by atoms with E-state index in [-0.39, 0.29) is 21.6 Å². The summed E-state index contributed by atoms with van der Waals surface area (Å²) in [5.74, 6) is -1.29. The average molecular weight is 241 g/mol. The van der Waals surface area contributed by atoms with Crippen molar-refractivity contribution in [1.29, 1.82) is 0 Å². The third kappa shape index (κ3) is 2.17. The standard InChI is InChI=1S/C7H7Cl2FN2O2/c1-2(13)14-7-4(9)5(11)3(8)6(10)12-7/h2,13H,1H3,(H2,11,12). The van der Waals surface area contributed by atoms with E-state index in [0.717, 1.165) is 0 Å². The molecular formula is C7H7Cl2FN2O2. The Morgan fingerprint density at radius 3 is 2.57 bits per heavy atom. The number of hydrogen-bond acceptors (Lipinski definition) is 4. The number of rotatable bonds is 2. The van der Waals surface area contributed by atoms with Crippen LogP contribution in [0, 0.1) is 5.95 Å². The van der Waals surface area contributed by atoms with Crippen molar-refractivity contribution in [3.05, 3.63) is 16.0 Å². The van der Waals surface area contributed by atoms with Crippen molar-refractivity contribution >= 4 is 28.9 Å². The highest BCUT2D eigenvalue weighted by atomic mass is 35.5. The summed E-state index contributed by atoms with van der Waals surface area (Å²) in [6.07, 6.45) is -1.17. The third-order valence-corrected chi connectivity index (χ3v) is 2.05. The number of halogens is 3. The maximum Gasteiger partial charge on any atom is 0.239 e. The zero-order valence-electron chi connectivity index (χ0n) is 7.09. The first-order valence-corrected chi connectivity index (χ1v) is 4.33. The van der Waals surface area contributed by atoms with Gasteiger partial charge in [-0.15, -0.1) is 0 Å². The molecule has 1 aromatic heterocycles. The van der Waals surface area contributed by atoms with Crippen LogP contribution in [-0.2, 0) is 0 Å². The second kappa shape index (κ2) is 4.16. The lowest BCUT2D eigenvalue weighted by molar-refractivity contribution is -0.00405. The van der Waals surface area contributed by atoms with Gasteiger partial charge in [-0.3, -0.25) is 0 Å². The minimum Gasteiger partial charge on any atom is -0.447 e. The van der Waals surface area contributed by atoms with E-state index in [9.17, 15) is 4.39 Å². The summed E-state index contributed by atoms with van der Waals surface area (Å²) in [6, 6.07) is 0. The molecule has 1 unspecified atom stereocenters. The lowest BCUT2D eigenvalue weighted by Crippen LogP contribution is -2.12. The van der Waals surface area contributed by atoms with E-state index in [4.69, 9.17) is 38.8 Å². The molecule has 78 valence electrons. The van der Waals surface area contributed by atoms with Crippen molar-refractivity contribution in [3.63, 3.8) is 0 Å². The van der Waals surface area contributed by atoms with Crippen LogP contribution in [0.4, 0.5) is 10.1 Å². The molecule has 0 amide bonds. The predicted molar refractivity (Wildman–Crippen MR) is 50.9 cm³/mol. The number of aliphatic hydroxyl groups excluding tert-OH is 1. The third-order valence-electron chi connectivity index (χ3n) is 1.32. The maximum atomic E-state index is 12.9. The van der Waals surface area contributed by atoms with Crippen LogP contribution in [0.3, 0.4) is 0 Å². The molecule has 7 heteroatoms. The summed E-state index contributed by atoms with van der Waals surface area (Å²) in [5, 5.41) is 8.37. The van der Waals surface area contributed by atoms with E-state index in [2.05, 4.69) is 4.98 Å². The normalized spacial score (nSPS) is 12.6. The number of aromatic nitrogens is 1. The van der Waals surface area contributed by atoms with E-state index in [1.54, 1.807) is 0 Å². The quantitative estimate of drug-likeness (QED) is 0.612. The molecular weight excluding hydrogens is 234 g/mol. The van der Waals surface area contributed by atoms with Crippen molar-refractivity contribution in [2.24, 2.45) is 0 Å². The average Bonchev–Trinajstić information content (AvgIpc) is 2.10. The smallest absolute Gasteiger partial charge is 0.239 e. The molecule has 0 radical (unpaired) electrons. The first-order valence-electron chi connectivity index (χ1n) is 3.58. The van der Waals surface area contributed by atoms with Crippen LogP contribution in [0.25, 0.3) is 0 Å². The lowest BCUT2D eigenvalue weighted by Gasteiger charge is -2.11. The van der Waals surface area contributed by atoms with Gasteiger partial charge in [-0.2, -0.15) is 9.37 Å². The largest absolute Gasteiger partial charge is 0.447 e. The van der Waals surface area contributed by atoms with Crippen LogP contribution in [0.15, 0.2) is 0 Å². The zero-order valence-corrected chi connectivity index (χ0v) is 8.60. The monoisotopic (exact) mass is 240 g/mol. The zero-order chi connectivity index (χ0) is 10.9. The van der Waals surface area contributed by atoms with Crippen LogP contribution in [0.2, 0.25) is 10.0 Å². The van der Waals surface area contributed by atoms with Gasteiger partial charge in [0.1, 0.15) is 10.0 Å². The Morgan fingerprint density at radius 2 is 2.07 bits per heavy atom. The molecule has 1 aromatic rings. The van der Waals surface area contributed by atoms with Gasteiger partial charge < -0.3 is 15.6 Å². The molecule has 1 heterocycles. The van der Waals surface area contributed by atoms with Gasteiger partial charge in [-0.05, 0) is 6.92 Å². The fraction of sp³-hybridized carbons (Fsp3) is 0.286. The van der Waals surface area contributed by atoms with Crippen molar-refractivity contribution in [2.75, 3.05) is 5.73 Å². The number of hydrogen-bond donors (Lipinski definition) is 2. The highest BCUT2D eigenvalue weighted by Crippen LogP contribution is 2.35. The summed E-state index contributed by atoms with van der Waals surface area (Å²) >= 11 is 11.1. The Kier molecular flexibility index (Phi) is 3.36. The summed E-state index contributed by atoms with van der Waals surface area (Å²) in [4.78, 5) is 3.28. The summed E-state index contributed by atoms with van der Waals surface area (Å²) in [7, 11) is 0. The van der Waals surface area contributed by atoms with Crippen LogP contribution < -0.4 is 10.5 Å². The molecule has 0 saturated carbocycles. The molecule has 1 atom stereocenters. The molecule has 0 aromatic carbocycles. The van der Waals surface area contributed by atoms with Crippen LogP contribution >= 0.6 is 23.2 Å². The van der Waals surface area contributed by atoms with E-state index < -0.39 is 12.2 Å². The Hall–Kier alpha value is -0.780. The number of anilines is 1. The molecule has 4 nitrogen and oxygen atoms in total. The lowest BCUT2D eigenvalue weighted by atomic mass is 10.4. The molecule has 0 saturated heterocycles. The molecule has 0 aliphatic carbocycles. The summed E-state index contributed by atoms with van der Waals surface area (Å²) in [5.41, 5.74) is 5.18. The van der Waals surface area contributed by atoms with Gasteiger partial charge in [-0.1, -0.05) is 23.2 Å². The molecule has 3 N–H and O–H groups in total. The Bertz CT molecular complexity index is 360. The highest BCUT2D eigenvalue weighted by molar-refractivity contribution is 6.39. The van der Waals surface area contributed by atoms with E-state index in [1.165, 1.54) is 6.92 Å². The number of nitrogen functional groups attached to an aromatic ring is 1. The van der Waals surface area contributed by atoms with Gasteiger partial charge in [0, 0.05) is 0 Å². The second-order valence-corrected chi connectivity index (χ2v) is 3.22. The van der Waals surface area contributed by atoms with Gasteiger partial charge >= 0.3 is 0 Å². The molecule has 0 aliphatic rings. The van der Waals surface area contributed by atoms with Gasteiger partial charge in [0.15, 0.2) is 6.29 Å². The summed E-state index contributed by atoms with van der Waals surface area (Å²) < 4.78 is 17.6. The number of aliphatic hydroxyl groups is 1. The van der Waals surface area contributed by atoms with E-state index >= 15 is 0 Å². The Labute approximate surface area is 89.4 Å². The fourth-order valence-electron chi connectivity index (χ4n) is 0.750. The molecule has 0 bridgehead atoms. The molecule has 0 spiro atoms. The first kappa shape index (κ1) is 11.3. The topological polar surface area (TPSA) is 68.4 Å². The number of ether oxygens (including phenoxy) is 1.